The number of likely N-dealkylation sites (tertiary alicyclic amines) is 1. The summed E-state index contributed by atoms with van der Waals surface area (Å²) >= 11 is 6.05. The molecular formula is C21H20ClNO4. The first kappa shape index (κ1) is 17.9. The first-order valence-corrected chi connectivity index (χ1v) is 9.33. The van der Waals surface area contributed by atoms with Gasteiger partial charge in [0.25, 0.3) is 5.91 Å². The van der Waals surface area contributed by atoms with Gasteiger partial charge in [-0.05, 0) is 42.5 Å². The van der Waals surface area contributed by atoms with Crippen LogP contribution in [0.15, 0.2) is 42.5 Å². The highest BCUT2D eigenvalue weighted by Gasteiger charge is 2.43. The molecule has 1 spiro atoms. The van der Waals surface area contributed by atoms with Crippen molar-refractivity contribution < 1.29 is 19.1 Å². The van der Waals surface area contributed by atoms with Crippen molar-refractivity contribution in [2.45, 2.75) is 24.9 Å². The van der Waals surface area contributed by atoms with Gasteiger partial charge in [0.15, 0.2) is 5.78 Å². The largest absolute Gasteiger partial charge is 0.497 e. The predicted molar refractivity (Wildman–Crippen MR) is 102 cm³/mol. The van der Waals surface area contributed by atoms with Crippen LogP contribution >= 0.6 is 11.6 Å². The molecule has 2 aromatic rings. The molecule has 0 bridgehead atoms. The molecule has 1 amide bonds. The number of amides is 1. The van der Waals surface area contributed by atoms with E-state index in [4.69, 9.17) is 21.1 Å². The highest BCUT2D eigenvalue weighted by atomic mass is 35.5. The van der Waals surface area contributed by atoms with Crippen LogP contribution in [0.2, 0.25) is 5.02 Å². The molecule has 0 aromatic heterocycles. The lowest BCUT2D eigenvalue weighted by Gasteiger charge is -2.44. The number of halogens is 1. The van der Waals surface area contributed by atoms with Crippen LogP contribution in [-0.4, -0.2) is 42.4 Å². The summed E-state index contributed by atoms with van der Waals surface area (Å²) < 4.78 is 11.3. The standard InChI is InChI=1S/C21H20ClNO4/c1-26-16-5-2-14(3-6-16)20(25)23-10-8-21(9-11-23)13-18(24)17-7-4-15(22)12-19(17)27-21/h2-7,12H,8-11,13H2,1H3. The third-order valence-electron chi connectivity index (χ3n) is 5.35. The Balaban J connectivity index is 1.47. The van der Waals surface area contributed by atoms with Crippen molar-refractivity contribution in [1.29, 1.82) is 0 Å². The van der Waals surface area contributed by atoms with Crippen molar-refractivity contribution in [3.8, 4) is 11.5 Å². The highest BCUT2D eigenvalue weighted by molar-refractivity contribution is 6.30. The SMILES string of the molecule is COc1ccc(C(=O)N2CCC3(CC2)CC(=O)c2ccc(Cl)cc2O3)cc1. The van der Waals surface area contributed by atoms with Crippen molar-refractivity contribution in [3.63, 3.8) is 0 Å². The van der Waals surface area contributed by atoms with Gasteiger partial charge in [0.1, 0.15) is 17.1 Å². The molecule has 2 aliphatic heterocycles. The fraction of sp³-hybridized carbons (Fsp3) is 0.333. The number of hydrogen-bond acceptors (Lipinski definition) is 4. The van der Waals surface area contributed by atoms with Gasteiger partial charge in [-0.25, -0.2) is 0 Å². The maximum absolute atomic E-state index is 12.7. The summed E-state index contributed by atoms with van der Waals surface area (Å²) in [5.41, 5.74) is 0.664. The van der Waals surface area contributed by atoms with E-state index < -0.39 is 5.60 Å². The first-order valence-electron chi connectivity index (χ1n) is 8.95. The van der Waals surface area contributed by atoms with Gasteiger partial charge < -0.3 is 14.4 Å². The Morgan fingerprint density at radius 3 is 2.52 bits per heavy atom. The smallest absolute Gasteiger partial charge is 0.253 e. The summed E-state index contributed by atoms with van der Waals surface area (Å²) in [6.07, 6.45) is 1.57. The lowest BCUT2D eigenvalue weighted by molar-refractivity contribution is -0.00569. The fourth-order valence-corrected chi connectivity index (χ4v) is 3.94. The van der Waals surface area contributed by atoms with Crippen molar-refractivity contribution in [2.24, 2.45) is 0 Å². The van der Waals surface area contributed by atoms with E-state index in [1.165, 1.54) is 0 Å². The van der Waals surface area contributed by atoms with Crippen molar-refractivity contribution >= 4 is 23.3 Å². The molecule has 1 saturated heterocycles. The maximum atomic E-state index is 12.7. The number of ketones is 1. The van der Waals surface area contributed by atoms with Crippen LogP contribution in [-0.2, 0) is 0 Å². The van der Waals surface area contributed by atoms with E-state index in [1.807, 2.05) is 4.90 Å². The second kappa shape index (κ2) is 6.89. The van der Waals surface area contributed by atoms with E-state index in [0.717, 1.165) is 5.75 Å². The molecule has 2 aromatic carbocycles. The second-order valence-corrected chi connectivity index (χ2v) is 7.48. The average Bonchev–Trinajstić information content (AvgIpc) is 2.67. The minimum Gasteiger partial charge on any atom is -0.497 e. The zero-order valence-electron chi connectivity index (χ0n) is 15.0. The van der Waals surface area contributed by atoms with E-state index in [2.05, 4.69) is 0 Å². The summed E-state index contributed by atoms with van der Waals surface area (Å²) in [4.78, 5) is 27.1. The van der Waals surface area contributed by atoms with Gasteiger partial charge in [0, 0.05) is 36.5 Å². The minimum absolute atomic E-state index is 0.0157. The van der Waals surface area contributed by atoms with E-state index >= 15 is 0 Å². The molecule has 0 aliphatic carbocycles. The lowest BCUT2D eigenvalue weighted by atomic mass is 9.82. The average molecular weight is 386 g/mol. The topological polar surface area (TPSA) is 55.8 Å². The van der Waals surface area contributed by atoms with Gasteiger partial charge in [-0.3, -0.25) is 9.59 Å². The minimum atomic E-state index is -0.550. The van der Waals surface area contributed by atoms with Gasteiger partial charge in [0.2, 0.25) is 0 Å². The van der Waals surface area contributed by atoms with Gasteiger partial charge in [-0.15, -0.1) is 0 Å². The third-order valence-corrected chi connectivity index (χ3v) is 5.59. The number of nitrogens with zero attached hydrogens (tertiary/aromatic N) is 1. The van der Waals surface area contributed by atoms with Gasteiger partial charge in [-0.2, -0.15) is 0 Å². The predicted octanol–water partition coefficient (Wildman–Crippen LogP) is 3.99. The quantitative estimate of drug-likeness (QED) is 0.784. The van der Waals surface area contributed by atoms with Crippen LogP contribution in [0.1, 0.15) is 40.0 Å². The lowest BCUT2D eigenvalue weighted by Crippen LogP contribution is -2.52. The molecule has 2 aliphatic rings. The third kappa shape index (κ3) is 3.39. The van der Waals surface area contributed by atoms with E-state index in [1.54, 1.807) is 49.6 Å². The number of hydrogen-bond donors (Lipinski definition) is 0. The number of methoxy groups -OCH3 is 1. The molecule has 27 heavy (non-hydrogen) atoms. The van der Waals surface area contributed by atoms with Crippen LogP contribution < -0.4 is 9.47 Å². The zero-order valence-corrected chi connectivity index (χ0v) is 15.8. The second-order valence-electron chi connectivity index (χ2n) is 7.05. The summed E-state index contributed by atoms with van der Waals surface area (Å²) in [7, 11) is 1.59. The van der Waals surface area contributed by atoms with E-state index in [9.17, 15) is 9.59 Å². The molecule has 0 atom stereocenters. The molecular weight excluding hydrogens is 366 g/mol. The van der Waals surface area contributed by atoms with Crippen molar-refractivity contribution in [2.75, 3.05) is 20.2 Å². The Bertz CT molecular complexity index is 886. The van der Waals surface area contributed by atoms with E-state index in [-0.39, 0.29) is 11.7 Å². The van der Waals surface area contributed by atoms with Crippen molar-refractivity contribution in [3.05, 3.63) is 58.6 Å². The molecule has 0 N–H and O–H groups in total. The monoisotopic (exact) mass is 385 g/mol. The summed E-state index contributed by atoms with van der Waals surface area (Å²) in [6.45, 7) is 1.10. The number of ether oxygens (including phenoxy) is 2. The number of rotatable bonds is 2. The Kier molecular flexibility index (Phi) is 4.56. The molecule has 140 valence electrons. The van der Waals surface area contributed by atoms with Crippen LogP contribution in [0, 0.1) is 0 Å². The summed E-state index contributed by atoms with van der Waals surface area (Å²) in [5.74, 6) is 1.32. The van der Waals surface area contributed by atoms with Crippen LogP contribution in [0.25, 0.3) is 0 Å². The number of carbonyl (C=O) groups excluding carboxylic acids is 2. The number of Topliss-reactive ketones (excluding diaryl/α,β-unsaturated/α-hetero) is 1. The Morgan fingerprint density at radius 1 is 1.15 bits per heavy atom. The first-order chi connectivity index (χ1) is 13.0. The van der Waals surface area contributed by atoms with Gasteiger partial charge in [-0.1, -0.05) is 11.6 Å². The molecule has 4 rings (SSSR count). The summed E-state index contributed by atoms with van der Waals surface area (Å²) in [5, 5.41) is 0.547. The van der Waals surface area contributed by atoms with Crippen LogP contribution in [0.3, 0.4) is 0 Å². The Labute approximate surface area is 162 Å². The molecule has 0 radical (unpaired) electrons. The number of benzene rings is 2. The van der Waals surface area contributed by atoms with Crippen LogP contribution in [0.5, 0.6) is 11.5 Å². The molecule has 1 fully saturated rings. The van der Waals surface area contributed by atoms with Gasteiger partial charge in [0.05, 0.1) is 19.1 Å². The molecule has 2 heterocycles. The van der Waals surface area contributed by atoms with Crippen molar-refractivity contribution in [1.82, 2.24) is 4.90 Å². The Morgan fingerprint density at radius 2 is 1.85 bits per heavy atom. The normalized spacial score (nSPS) is 18.0. The fourth-order valence-electron chi connectivity index (χ4n) is 3.78. The van der Waals surface area contributed by atoms with Crippen LogP contribution in [0.4, 0.5) is 0 Å². The molecule has 6 heteroatoms. The molecule has 0 saturated carbocycles. The number of piperidine rings is 1. The zero-order chi connectivity index (χ0) is 19.0. The van der Waals surface area contributed by atoms with Gasteiger partial charge >= 0.3 is 0 Å². The Hall–Kier alpha value is -2.53. The van der Waals surface area contributed by atoms with E-state index in [0.29, 0.717) is 54.3 Å². The number of carbonyl (C=O) groups is 2. The summed E-state index contributed by atoms with van der Waals surface area (Å²) in [6, 6.07) is 12.2. The maximum Gasteiger partial charge on any atom is 0.253 e. The molecule has 5 nitrogen and oxygen atoms in total. The highest BCUT2D eigenvalue weighted by Crippen LogP contribution is 2.40. The number of fused-ring (bicyclic) bond motifs is 1. The molecule has 0 unspecified atom stereocenters.